The Morgan fingerprint density at radius 3 is 2.13 bits per heavy atom. The number of nitriles is 1. The molecule has 0 fully saturated rings. The molecule has 0 radical (unpaired) electrons. The van der Waals surface area contributed by atoms with E-state index in [0.29, 0.717) is 16.5 Å². The molecule has 0 aliphatic heterocycles. The van der Waals surface area contributed by atoms with Gasteiger partial charge in [0.1, 0.15) is 16.9 Å². The number of thioether (sulfide) groups is 1. The van der Waals surface area contributed by atoms with E-state index in [4.69, 9.17) is 0 Å². The van der Waals surface area contributed by atoms with E-state index in [1.165, 1.54) is 11.8 Å². The highest BCUT2D eigenvalue weighted by Gasteiger charge is 2.30. The van der Waals surface area contributed by atoms with Crippen LogP contribution in [0.4, 0.5) is 0 Å². The maximum absolute atomic E-state index is 12.4. The van der Waals surface area contributed by atoms with Crippen molar-refractivity contribution in [1.29, 1.82) is 5.26 Å². The van der Waals surface area contributed by atoms with Crippen LogP contribution in [-0.2, 0) is 4.79 Å². The second-order valence-electron chi connectivity index (χ2n) is 7.33. The lowest BCUT2D eigenvalue weighted by atomic mass is 9.90. The van der Waals surface area contributed by atoms with Crippen molar-refractivity contribution < 1.29 is 4.79 Å². The van der Waals surface area contributed by atoms with Gasteiger partial charge in [0.15, 0.2) is 0 Å². The molecule has 0 saturated carbocycles. The smallest absolute Gasteiger partial charge is 0.231 e. The van der Waals surface area contributed by atoms with Crippen LogP contribution in [0.2, 0.25) is 0 Å². The van der Waals surface area contributed by atoms with Crippen LogP contribution < -0.4 is 5.32 Å². The summed E-state index contributed by atoms with van der Waals surface area (Å²) in [7, 11) is 0. The lowest BCUT2D eigenvalue weighted by Gasteiger charge is -2.27. The number of aromatic nitrogens is 3. The zero-order chi connectivity index (χ0) is 21.6. The van der Waals surface area contributed by atoms with Gasteiger partial charge in [-0.1, -0.05) is 86.3 Å². The molecule has 7 heteroatoms. The Labute approximate surface area is 180 Å². The lowest BCUT2D eigenvalue weighted by Crippen LogP contribution is -2.49. The molecule has 0 unspecified atom stereocenters. The molecule has 152 valence electrons. The molecule has 1 heterocycles. The summed E-state index contributed by atoms with van der Waals surface area (Å²) in [5.41, 5.74) is 2.33. The lowest BCUT2D eigenvalue weighted by molar-refractivity contribution is -0.120. The Balaban J connectivity index is 1.84. The third kappa shape index (κ3) is 5.02. The quantitative estimate of drug-likeness (QED) is 0.575. The van der Waals surface area contributed by atoms with E-state index >= 15 is 0 Å². The molecule has 30 heavy (non-hydrogen) atoms. The van der Waals surface area contributed by atoms with Crippen molar-refractivity contribution in [2.75, 3.05) is 5.75 Å². The molecule has 0 saturated heterocycles. The number of hydrogen-bond donors (Lipinski definition) is 1. The second-order valence-corrected chi connectivity index (χ2v) is 8.27. The number of benzene rings is 2. The van der Waals surface area contributed by atoms with Gasteiger partial charge in [-0.05, 0) is 12.8 Å². The number of nitrogens with one attached hydrogen (secondary N) is 1. The Bertz CT molecular complexity index is 1050. The van der Waals surface area contributed by atoms with Gasteiger partial charge in [-0.15, -0.1) is 10.2 Å². The van der Waals surface area contributed by atoms with Crippen LogP contribution in [0.25, 0.3) is 22.5 Å². The van der Waals surface area contributed by atoms with E-state index in [2.05, 4.69) is 26.6 Å². The summed E-state index contributed by atoms with van der Waals surface area (Å²) in [6.45, 7) is 5.52. The fraction of sp³-hybridized carbons (Fsp3) is 0.261. The van der Waals surface area contributed by atoms with Gasteiger partial charge in [-0.25, -0.2) is 4.98 Å². The van der Waals surface area contributed by atoms with Gasteiger partial charge in [-0.3, -0.25) is 4.79 Å². The molecule has 0 bridgehead atoms. The molecular weight excluding hydrogens is 394 g/mol. The minimum atomic E-state index is -0.914. The molecule has 0 spiro atoms. The maximum Gasteiger partial charge on any atom is 0.231 e. The summed E-state index contributed by atoms with van der Waals surface area (Å²) >= 11 is 1.20. The van der Waals surface area contributed by atoms with Crippen molar-refractivity contribution >= 4 is 17.7 Å². The van der Waals surface area contributed by atoms with Gasteiger partial charge in [0.2, 0.25) is 11.1 Å². The van der Waals surface area contributed by atoms with Crippen LogP contribution in [0, 0.1) is 17.2 Å². The van der Waals surface area contributed by atoms with E-state index in [1.807, 2.05) is 74.5 Å². The van der Waals surface area contributed by atoms with Crippen LogP contribution in [-0.4, -0.2) is 32.4 Å². The molecule has 1 amide bonds. The molecule has 1 N–H and O–H groups in total. The Hall–Kier alpha value is -3.24. The Morgan fingerprint density at radius 2 is 1.60 bits per heavy atom. The minimum Gasteiger partial charge on any atom is -0.337 e. The van der Waals surface area contributed by atoms with Crippen LogP contribution in [0.3, 0.4) is 0 Å². The van der Waals surface area contributed by atoms with Gasteiger partial charge in [0.05, 0.1) is 11.8 Å². The first kappa shape index (κ1) is 21.5. The second kappa shape index (κ2) is 9.51. The summed E-state index contributed by atoms with van der Waals surface area (Å²) in [5.74, 6) is -0.149. The van der Waals surface area contributed by atoms with E-state index in [-0.39, 0.29) is 17.6 Å². The largest absolute Gasteiger partial charge is 0.337 e. The fourth-order valence-corrected chi connectivity index (χ4v) is 3.30. The molecule has 6 nitrogen and oxygen atoms in total. The Morgan fingerprint density at radius 1 is 1.03 bits per heavy atom. The normalized spacial score (nSPS) is 12.8. The molecule has 1 aromatic heterocycles. The number of carbonyl (C=O) groups is 1. The first-order chi connectivity index (χ1) is 14.4. The monoisotopic (exact) mass is 417 g/mol. The van der Waals surface area contributed by atoms with E-state index in [9.17, 15) is 10.1 Å². The number of amides is 1. The van der Waals surface area contributed by atoms with Crippen molar-refractivity contribution in [2.45, 2.75) is 31.5 Å². The van der Waals surface area contributed by atoms with Crippen LogP contribution in [0.15, 0.2) is 65.8 Å². The summed E-state index contributed by atoms with van der Waals surface area (Å²) < 4.78 is 0. The van der Waals surface area contributed by atoms with Crippen LogP contribution in [0.5, 0.6) is 0 Å². The highest BCUT2D eigenvalue weighted by atomic mass is 32.2. The van der Waals surface area contributed by atoms with Gasteiger partial charge in [-0.2, -0.15) is 5.26 Å². The molecule has 3 rings (SSSR count). The van der Waals surface area contributed by atoms with E-state index in [1.54, 1.807) is 6.92 Å². The van der Waals surface area contributed by atoms with Gasteiger partial charge >= 0.3 is 0 Å². The standard InChI is InChI=1S/C23H23N5OS/c1-16(2)23(3,15-24)26-19(29)14-30-22-25-20(17-10-6-4-7-11-17)21(27-28-22)18-12-8-5-9-13-18/h4-13,16H,14H2,1-3H3,(H,26,29)/t23-/m1/s1. The third-order valence-corrected chi connectivity index (χ3v) is 5.72. The van der Waals surface area contributed by atoms with Gasteiger partial charge < -0.3 is 5.32 Å². The molecule has 0 aliphatic rings. The highest BCUT2D eigenvalue weighted by Crippen LogP contribution is 2.29. The first-order valence-electron chi connectivity index (χ1n) is 9.63. The van der Waals surface area contributed by atoms with E-state index in [0.717, 1.165) is 11.1 Å². The van der Waals surface area contributed by atoms with Crippen molar-refractivity contribution in [3.63, 3.8) is 0 Å². The predicted octanol–water partition coefficient (Wildman–Crippen LogP) is 4.35. The van der Waals surface area contributed by atoms with Crippen molar-refractivity contribution in [3.05, 3.63) is 60.7 Å². The topological polar surface area (TPSA) is 91.6 Å². The number of carbonyl (C=O) groups excluding carboxylic acids is 1. The summed E-state index contributed by atoms with van der Waals surface area (Å²) in [6.07, 6.45) is 0. The zero-order valence-electron chi connectivity index (χ0n) is 17.2. The molecule has 3 aromatic rings. The summed E-state index contributed by atoms with van der Waals surface area (Å²) in [6, 6.07) is 21.7. The van der Waals surface area contributed by atoms with Crippen molar-refractivity contribution in [3.8, 4) is 28.6 Å². The first-order valence-corrected chi connectivity index (χ1v) is 10.6. The average Bonchev–Trinajstić information content (AvgIpc) is 2.78. The predicted molar refractivity (Wildman–Crippen MR) is 118 cm³/mol. The van der Waals surface area contributed by atoms with Gasteiger partial charge in [0, 0.05) is 11.1 Å². The number of nitrogens with zero attached hydrogens (tertiary/aromatic N) is 4. The number of hydrogen-bond acceptors (Lipinski definition) is 6. The molecular formula is C23H23N5OS. The van der Waals surface area contributed by atoms with Crippen molar-refractivity contribution in [1.82, 2.24) is 20.5 Å². The number of rotatable bonds is 7. The molecule has 1 atom stereocenters. The average molecular weight is 418 g/mol. The summed E-state index contributed by atoms with van der Waals surface area (Å²) in [5, 5.41) is 21.2. The Kier molecular flexibility index (Phi) is 6.80. The fourth-order valence-electron chi connectivity index (χ4n) is 2.72. The maximum atomic E-state index is 12.4. The third-order valence-electron chi connectivity index (χ3n) is 4.88. The van der Waals surface area contributed by atoms with Crippen LogP contribution >= 0.6 is 11.8 Å². The van der Waals surface area contributed by atoms with Gasteiger partial charge in [0.25, 0.3) is 0 Å². The minimum absolute atomic E-state index is 0.00999. The van der Waals surface area contributed by atoms with E-state index < -0.39 is 5.54 Å². The summed E-state index contributed by atoms with van der Waals surface area (Å²) in [4.78, 5) is 17.1. The van der Waals surface area contributed by atoms with Crippen LogP contribution in [0.1, 0.15) is 20.8 Å². The highest BCUT2D eigenvalue weighted by molar-refractivity contribution is 7.99. The molecule has 2 aromatic carbocycles. The SMILES string of the molecule is CC(C)[C@@](C)(C#N)NC(=O)CSc1nnc(-c2ccccc2)c(-c2ccccc2)n1. The molecule has 0 aliphatic carbocycles. The zero-order valence-corrected chi connectivity index (χ0v) is 18.0. The van der Waals surface area contributed by atoms with Crippen molar-refractivity contribution in [2.24, 2.45) is 5.92 Å².